The summed E-state index contributed by atoms with van der Waals surface area (Å²) in [6.45, 7) is 3.85. The third kappa shape index (κ3) is 9.89. The monoisotopic (exact) mass is 868 g/mol. The Labute approximate surface area is 361 Å². The number of halogens is 2. The highest BCUT2D eigenvalue weighted by atomic mass is 35.5. The third-order valence-corrected chi connectivity index (χ3v) is 11.1. The van der Waals surface area contributed by atoms with E-state index >= 15 is 0 Å². The molecule has 2 aliphatic heterocycles. The molecular weight excluding hydrogens is 825 g/mol. The Morgan fingerprint density at radius 2 is 1.75 bits per heavy atom. The first kappa shape index (κ1) is 42.9. The Bertz CT molecular complexity index is 2610. The van der Waals surface area contributed by atoms with Crippen molar-refractivity contribution in [2.45, 2.75) is 19.4 Å². The fourth-order valence-corrected chi connectivity index (χ4v) is 8.02. The number of likely N-dealkylation sites (N-methyl/N-ethyl adjacent to an activating group) is 1. The molecule has 16 nitrogen and oxygen atoms in total. The number of carbonyl (C=O) groups excluding carboxylic acids is 1. The van der Waals surface area contributed by atoms with Crippen LogP contribution < -0.4 is 25.2 Å². The average molecular weight is 870 g/mol. The van der Waals surface area contributed by atoms with E-state index in [1.165, 1.54) is 24.9 Å². The minimum atomic E-state index is -0.460. The summed E-state index contributed by atoms with van der Waals surface area (Å²) < 4.78 is 18.4. The Hall–Kier alpha value is -6.20. The van der Waals surface area contributed by atoms with Crippen molar-refractivity contribution < 1.29 is 28.4 Å². The number of quaternary nitrogens is 1. The van der Waals surface area contributed by atoms with Crippen LogP contribution in [0.3, 0.4) is 0 Å². The van der Waals surface area contributed by atoms with Gasteiger partial charge in [0.1, 0.15) is 35.7 Å². The molecule has 0 spiro atoms. The van der Waals surface area contributed by atoms with Gasteiger partial charge in [0.25, 0.3) is 5.56 Å². The molecule has 0 amide bonds. The number of pyridine rings is 2. The molecular formula is C43H44Cl2N9O7+. The number of allylic oxidation sites excluding steroid dienone is 1. The molecule has 0 bridgehead atoms. The number of rotatable bonds is 16. The van der Waals surface area contributed by atoms with Gasteiger partial charge in [-0.3, -0.25) is 14.2 Å². The molecule has 2 aliphatic rings. The number of morpholine rings is 1. The number of nitrogens with zero attached hydrogens (tertiary/aromatic N) is 8. The number of carbonyl (C=O) groups is 1. The summed E-state index contributed by atoms with van der Waals surface area (Å²) in [5.41, 5.74) is 3.39. The molecule has 1 N–H and O–H groups in total. The second-order valence-electron chi connectivity index (χ2n) is 15.2. The molecule has 0 radical (unpaired) electrons. The summed E-state index contributed by atoms with van der Waals surface area (Å²) >= 11 is 13.7. The predicted molar refractivity (Wildman–Crippen MR) is 235 cm³/mol. The highest BCUT2D eigenvalue weighted by Gasteiger charge is 2.28. The van der Waals surface area contributed by atoms with Crippen molar-refractivity contribution in [3.63, 3.8) is 0 Å². The quantitative estimate of drug-likeness (QED) is 0.0493. The van der Waals surface area contributed by atoms with Gasteiger partial charge in [-0.1, -0.05) is 52.5 Å². The van der Waals surface area contributed by atoms with E-state index in [9.17, 15) is 19.7 Å². The largest absolute Gasteiger partial charge is 0.495 e. The molecule has 0 atom stereocenters. The number of hydrogen-bond acceptors (Lipinski definition) is 13. The summed E-state index contributed by atoms with van der Waals surface area (Å²) in [6, 6.07) is 14.4. The van der Waals surface area contributed by atoms with Crippen molar-refractivity contribution in [1.29, 1.82) is 0 Å². The first-order valence-corrected chi connectivity index (χ1v) is 20.1. The Morgan fingerprint density at radius 3 is 2.44 bits per heavy atom. The van der Waals surface area contributed by atoms with Gasteiger partial charge >= 0.3 is 5.82 Å². The van der Waals surface area contributed by atoms with Gasteiger partial charge in [0.15, 0.2) is 5.78 Å². The maximum Gasteiger partial charge on any atom is 0.368 e. The third-order valence-electron chi connectivity index (χ3n) is 10.3. The van der Waals surface area contributed by atoms with Gasteiger partial charge in [-0.15, -0.1) is 0 Å². The lowest BCUT2D eigenvalue weighted by Gasteiger charge is -2.28. The van der Waals surface area contributed by atoms with Crippen molar-refractivity contribution in [3.05, 3.63) is 126 Å². The van der Waals surface area contributed by atoms with Crippen LogP contribution in [0.25, 0.3) is 22.2 Å². The predicted octanol–water partition coefficient (Wildman–Crippen LogP) is 6.51. The van der Waals surface area contributed by atoms with E-state index in [4.69, 9.17) is 42.4 Å². The SMILES string of the molecule is COc1cc(OC)c(Cl)c(-c2cc3cnc(Nc4ccc(N5CCOCC5)cn4)nc3n(Cc3cccc(CC(=O)/C=C/C[N+](C)(C)CC4=C([N+](=O)[O-])N=CC4)c3)c2=O)c1Cl. The van der Waals surface area contributed by atoms with E-state index in [1.807, 2.05) is 50.5 Å². The van der Waals surface area contributed by atoms with Crippen LogP contribution >= 0.6 is 23.2 Å². The molecule has 5 heterocycles. The number of anilines is 3. The van der Waals surface area contributed by atoms with Crippen LogP contribution in [0.5, 0.6) is 11.5 Å². The maximum atomic E-state index is 14.7. The van der Waals surface area contributed by atoms with Gasteiger partial charge in [-0.05, 0) is 46.4 Å². The molecule has 61 heavy (non-hydrogen) atoms. The van der Waals surface area contributed by atoms with E-state index in [0.717, 1.165) is 29.9 Å². The zero-order chi connectivity index (χ0) is 43.3. The van der Waals surface area contributed by atoms with Crippen molar-refractivity contribution in [2.24, 2.45) is 4.99 Å². The Kier molecular flexibility index (Phi) is 13.1. The van der Waals surface area contributed by atoms with Gasteiger partial charge < -0.3 is 39.0 Å². The molecule has 18 heteroatoms. The molecule has 1 fully saturated rings. The molecule has 7 rings (SSSR count). The number of fused-ring (bicyclic) bond motifs is 1. The molecule has 3 aromatic heterocycles. The van der Waals surface area contributed by atoms with E-state index < -0.39 is 10.5 Å². The molecule has 316 valence electrons. The fourth-order valence-electron chi connectivity index (χ4n) is 7.32. The number of aliphatic imine (C=N–C) groups is 1. The number of benzene rings is 2. The number of hydrogen-bond donors (Lipinski definition) is 1. The standard InChI is InChI=1S/C43H43Cl2N9O7/c1-54(2,26-29-12-13-46-40(29)53(57)58)16-6-9-32(55)20-27-7-5-8-28(19-27)25-52-41-30(21-33(42(52)56)37-38(44)34(59-3)22-35(60-4)39(37)45)23-48-43(50-41)49-36-11-10-31(24-47-36)51-14-17-61-18-15-51/h5-11,13,19,21-24H,12,14-18,20,25-26H2,1-4H3/p+1/b9-6+. The first-order valence-electron chi connectivity index (χ1n) is 19.4. The van der Waals surface area contributed by atoms with Crippen LogP contribution in [-0.4, -0.2) is 109 Å². The van der Waals surface area contributed by atoms with Gasteiger partial charge in [0, 0.05) is 49.1 Å². The van der Waals surface area contributed by atoms with Crippen LogP contribution in [-0.2, 0) is 22.5 Å². The second-order valence-corrected chi connectivity index (χ2v) is 15.9. The summed E-state index contributed by atoms with van der Waals surface area (Å²) in [5, 5.41) is 15.3. The number of nitro groups is 1. The lowest BCUT2D eigenvalue weighted by Crippen LogP contribution is -2.41. The normalized spacial score (nSPS) is 14.3. The van der Waals surface area contributed by atoms with Gasteiger partial charge in [0.05, 0.1) is 87.7 Å². The second kappa shape index (κ2) is 18.6. The van der Waals surface area contributed by atoms with Crippen LogP contribution in [0.15, 0.2) is 94.3 Å². The van der Waals surface area contributed by atoms with Crippen LogP contribution in [0.4, 0.5) is 17.5 Å². The topological polar surface area (TPSA) is 176 Å². The summed E-state index contributed by atoms with van der Waals surface area (Å²) in [6.07, 6.45) is 8.80. The fraction of sp³-hybridized carbons (Fsp3) is 0.302. The van der Waals surface area contributed by atoms with Crippen molar-refractivity contribution in [2.75, 3.05) is 77.9 Å². The molecule has 0 saturated carbocycles. The average Bonchev–Trinajstić information content (AvgIpc) is 3.71. The molecule has 1 saturated heterocycles. The van der Waals surface area contributed by atoms with E-state index in [2.05, 4.69) is 25.2 Å². The van der Waals surface area contributed by atoms with Gasteiger partial charge in [-0.2, -0.15) is 4.98 Å². The van der Waals surface area contributed by atoms with Crippen LogP contribution in [0.1, 0.15) is 17.5 Å². The Balaban J connectivity index is 1.18. The van der Waals surface area contributed by atoms with Gasteiger partial charge in [0.2, 0.25) is 5.95 Å². The lowest BCUT2D eigenvalue weighted by atomic mass is 10.0. The van der Waals surface area contributed by atoms with E-state index in [0.29, 0.717) is 59.6 Å². The van der Waals surface area contributed by atoms with Crippen LogP contribution in [0, 0.1) is 10.1 Å². The first-order chi connectivity index (χ1) is 29.3. The maximum absolute atomic E-state index is 14.7. The Morgan fingerprint density at radius 1 is 1.02 bits per heavy atom. The molecule has 5 aromatic rings. The summed E-state index contributed by atoms with van der Waals surface area (Å²) in [7, 11) is 6.80. The van der Waals surface area contributed by atoms with Crippen LogP contribution in [0.2, 0.25) is 10.0 Å². The zero-order valence-electron chi connectivity index (χ0n) is 34.1. The highest BCUT2D eigenvalue weighted by Crippen LogP contribution is 2.45. The van der Waals surface area contributed by atoms with Gasteiger partial charge in [-0.25, -0.2) is 9.97 Å². The number of ketones is 1. The zero-order valence-corrected chi connectivity index (χ0v) is 35.6. The minimum Gasteiger partial charge on any atom is -0.495 e. The molecule has 0 aliphatic carbocycles. The summed E-state index contributed by atoms with van der Waals surface area (Å²) in [5.74, 6) is 1.05. The molecule has 2 aromatic carbocycles. The van der Waals surface area contributed by atoms with Crippen molar-refractivity contribution in [3.8, 4) is 22.6 Å². The smallest absolute Gasteiger partial charge is 0.368 e. The van der Waals surface area contributed by atoms with Crippen molar-refractivity contribution >= 4 is 63.7 Å². The number of ether oxygens (including phenoxy) is 3. The lowest BCUT2D eigenvalue weighted by molar-refractivity contribution is -0.880. The number of methoxy groups -OCH3 is 2. The summed E-state index contributed by atoms with van der Waals surface area (Å²) in [4.78, 5) is 58.9. The number of nitrogens with one attached hydrogen (secondary N) is 1. The number of aromatic nitrogens is 4. The van der Waals surface area contributed by atoms with Crippen molar-refractivity contribution in [1.82, 2.24) is 19.5 Å². The van der Waals surface area contributed by atoms with E-state index in [1.54, 1.807) is 36.8 Å². The molecule has 0 unspecified atom stereocenters. The minimum absolute atomic E-state index is 0.0672. The highest BCUT2D eigenvalue weighted by molar-refractivity contribution is 6.41. The van der Waals surface area contributed by atoms with E-state index in [-0.39, 0.29) is 63.2 Å².